The lowest BCUT2D eigenvalue weighted by Gasteiger charge is -2.26. The highest BCUT2D eigenvalue weighted by Gasteiger charge is 2.32. The van der Waals surface area contributed by atoms with Gasteiger partial charge in [-0.15, -0.1) is 0 Å². The number of nitrogens with one attached hydrogen (secondary N) is 1. The van der Waals surface area contributed by atoms with Crippen LogP contribution in [0.2, 0.25) is 5.02 Å². The van der Waals surface area contributed by atoms with Gasteiger partial charge in [0.25, 0.3) is 0 Å². The number of amides is 3. The Balaban J connectivity index is 1.58. The SMILES string of the molecule is O=C1N=CC(Cc2c[nH]c3c(Cl)c(F)ccc23)C(=O)N1Cc1ccc(F)cc1. The Morgan fingerprint density at radius 3 is 2.61 bits per heavy atom. The molecule has 1 unspecified atom stereocenters. The van der Waals surface area contributed by atoms with Gasteiger partial charge in [0.2, 0.25) is 5.91 Å². The van der Waals surface area contributed by atoms with Crippen LogP contribution < -0.4 is 0 Å². The van der Waals surface area contributed by atoms with E-state index in [1.54, 1.807) is 12.3 Å². The number of hydrogen-bond acceptors (Lipinski definition) is 2. The second kappa shape index (κ2) is 7.16. The van der Waals surface area contributed by atoms with Crippen molar-refractivity contribution in [3.05, 3.63) is 70.4 Å². The van der Waals surface area contributed by atoms with Gasteiger partial charge in [-0.05, 0) is 41.8 Å². The minimum Gasteiger partial charge on any atom is -0.360 e. The number of H-pyrrole nitrogens is 1. The van der Waals surface area contributed by atoms with Gasteiger partial charge in [0.15, 0.2) is 0 Å². The van der Waals surface area contributed by atoms with Crippen molar-refractivity contribution in [2.24, 2.45) is 10.9 Å². The summed E-state index contributed by atoms with van der Waals surface area (Å²) >= 11 is 5.98. The van der Waals surface area contributed by atoms with Gasteiger partial charge >= 0.3 is 6.03 Å². The first-order valence-corrected chi connectivity index (χ1v) is 8.90. The van der Waals surface area contributed by atoms with Crippen LogP contribution >= 0.6 is 11.6 Å². The Morgan fingerprint density at radius 1 is 1.11 bits per heavy atom. The monoisotopic (exact) mass is 401 g/mol. The summed E-state index contributed by atoms with van der Waals surface area (Å²) in [7, 11) is 0. The zero-order chi connectivity index (χ0) is 19.8. The molecular formula is C20H14ClF2N3O2. The van der Waals surface area contributed by atoms with E-state index in [1.807, 2.05) is 0 Å². The largest absolute Gasteiger partial charge is 0.360 e. The minimum atomic E-state index is -0.658. The fourth-order valence-electron chi connectivity index (χ4n) is 3.24. The molecule has 3 amide bonds. The van der Waals surface area contributed by atoms with E-state index in [0.717, 1.165) is 10.5 Å². The van der Waals surface area contributed by atoms with Crippen molar-refractivity contribution in [1.82, 2.24) is 9.88 Å². The standard InChI is InChI=1S/C20H14ClF2N3O2/c21-17-16(23)6-5-15-12(8-24-18(15)17)7-13-9-25-20(28)26(19(13)27)10-11-1-3-14(22)4-2-11/h1-6,8-9,13,24H,7,10H2. The fraction of sp³-hybridized carbons (Fsp3) is 0.150. The average molecular weight is 402 g/mol. The van der Waals surface area contributed by atoms with E-state index in [0.29, 0.717) is 16.5 Å². The maximum absolute atomic E-state index is 13.6. The number of imide groups is 1. The number of aliphatic imine (C=N–C) groups is 1. The second-order valence-corrected chi connectivity index (χ2v) is 6.90. The van der Waals surface area contributed by atoms with Crippen molar-refractivity contribution in [2.45, 2.75) is 13.0 Å². The molecule has 1 aromatic heterocycles. The van der Waals surface area contributed by atoms with Crippen molar-refractivity contribution < 1.29 is 18.4 Å². The lowest BCUT2D eigenvalue weighted by atomic mass is 9.97. The highest BCUT2D eigenvalue weighted by molar-refractivity contribution is 6.35. The number of aromatic nitrogens is 1. The van der Waals surface area contributed by atoms with Gasteiger partial charge in [0, 0.05) is 17.8 Å². The molecule has 0 spiro atoms. The van der Waals surface area contributed by atoms with Crippen LogP contribution in [0.3, 0.4) is 0 Å². The minimum absolute atomic E-state index is 0.0106. The van der Waals surface area contributed by atoms with E-state index in [9.17, 15) is 18.4 Å². The molecule has 1 aliphatic heterocycles. The molecule has 5 nitrogen and oxygen atoms in total. The Morgan fingerprint density at radius 2 is 1.86 bits per heavy atom. The number of halogens is 3. The molecule has 1 atom stereocenters. The molecule has 28 heavy (non-hydrogen) atoms. The van der Waals surface area contributed by atoms with E-state index in [2.05, 4.69) is 9.98 Å². The molecule has 0 radical (unpaired) electrons. The highest BCUT2D eigenvalue weighted by Crippen LogP contribution is 2.29. The predicted molar refractivity (Wildman–Crippen MR) is 101 cm³/mol. The summed E-state index contributed by atoms with van der Waals surface area (Å²) < 4.78 is 26.7. The molecular weight excluding hydrogens is 388 g/mol. The maximum atomic E-state index is 13.6. The van der Waals surface area contributed by atoms with Crippen LogP contribution in [-0.2, 0) is 17.8 Å². The van der Waals surface area contributed by atoms with Crippen LogP contribution in [0.1, 0.15) is 11.1 Å². The van der Waals surface area contributed by atoms with Gasteiger partial charge in [-0.3, -0.25) is 9.69 Å². The summed E-state index contributed by atoms with van der Waals surface area (Å²) in [5, 5.41) is 0.690. The maximum Gasteiger partial charge on any atom is 0.350 e. The number of rotatable bonds is 4. The van der Waals surface area contributed by atoms with Gasteiger partial charge < -0.3 is 4.98 Å². The predicted octanol–water partition coefficient (Wildman–Crippen LogP) is 4.49. The lowest BCUT2D eigenvalue weighted by Crippen LogP contribution is -2.43. The quantitative estimate of drug-likeness (QED) is 0.700. The number of urea groups is 1. The van der Waals surface area contributed by atoms with Crippen molar-refractivity contribution in [2.75, 3.05) is 0 Å². The Bertz CT molecular complexity index is 1110. The number of nitrogens with zero attached hydrogens (tertiary/aromatic N) is 2. The summed E-state index contributed by atoms with van der Waals surface area (Å²) in [6, 6.07) is 7.76. The van der Waals surface area contributed by atoms with E-state index < -0.39 is 29.5 Å². The van der Waals surface area contributed by atoms with Gasteiger partial charge in [0.05, 0.1) is 18.0 Å². The van der Waals surface area contributed by atoms with Crippen LogP contribution in [0.15, 0.2) is 47.6 Å². The first kappa shape index (κ1) is 18.3. The first-order chi connectivity index (χ1) is 13.4. The third kappa shape index (κ3) is 3.29. The van der Waals surface area contributed by atoms with Gasteiger partial charge in [-0.1, -0.05) is 23.7 Å². The Hall–Kier alpha value is -3.06. The van der Waals surface area contributed by atoms with Crippen LogP contribution in [0.4, 0.5) is 13.6 Å². The van der Waals surface area contributed by atoms with Crippen LogP contribution in [0.5, 0.6) is 0 Å². The van der Waals surface area contributed by atoms with Crippen LogP contribution in [0.25, 0.3) is 10.9 Å². The number of carbonyl (C=O) groups is 2. The zero-order valence-electron chi connectivity index (χ0n) is 14.5. The van der Waals surface area contributed by atoms with E-state index >= 15 is 0 Å². The third-order valence-electron chi connectivity index (χ3n) is 4.70. The van der Waals surface area contributed by atoms with Crippen LogP contribution in [-0.4, -0.2) is 28.0 Å². The van der Waals surface area contributed by atoms with Crippen molar-refractivity contribution in [1.29, 1.82) is 0 Å². The average Bonchev–Trinajstić information content (AvgIpc) is 3.09. The number of carbonyl (C=O) groups excluding carboxylic acids is 2. The van der Waals surface area contributed by atoms with Gasteiger partial charge in [-0.2, -0.15) is 0 Å². The molecule has 4 rings (SSSR count). The second-order valence-electron chi connectivity index (χ2n) is 6.52. The lowest BCUT2D eigenvalue weighted by molar-refractivity contribution is -0.130. The van der Waals surface area contributed by atoms with Crippen molar-refractivity contribution >= 4 is 40.7 Å². The smallest absolute Gasteiger partial charge is 0.350 e. The van der Waals surface area contributed by atoms with Crippen molar-refractivity contribution in [3.63, 3.8) is 0 Å². The van der Waals surface area contributed by atoms with E-state index in [4.69, 9.17) is 11.6 Å². The number of hydrogen-bond donors (Lipinski definition) is 1. The van der Waals surface area contributed by atoms with E-state index in [-0.39, 0.29) is 18.0 Å². The molecule has 3 aromatic rings. The molecule has 0 saturated carbocycles. The molecule has 2 heterocycles. The molecule has 0 aliphatic carbocycles. The molecule has 0 fully saturated rings. The molecule has 2 aromatic carbocycles. The number of benzene rings is 2. The fourth-order valence-corrected chi connectivity index (χ4v) is 3.46. The molecule has 8 heteroatoms. The van der Waals surface area contributed by atoms with Gasteiger partial charge in [-0.25, -0.2) is 18.6 Å². The summed E-state index contributed by atoms with van der Waals surface area (Å²) in [5.41, 5.74) is 1.84. The van der Waals surface area contributed by atoms with Crippen molar-refractivity contribution in [3.8, 4) is 0 Å². The number of fused-ring (bicyclic) bond motifs is 1. The summed E-state index contributed by atoms with van der Waals surface area (Å²) in [4.78, 5) is 32.7. The molecule has 1 N–H and O–H groups in total. The van der Waals surface area contributed by atoms with Crippen LogP contribution in [0, 0.1) is 17.6 Å². The van der Waals surface area contributed by atoms with Gasteiger partial charge in [0.1, 0.15) is 16.7 Å². The Labute approximate surface area is 163 Å². The topological polar surface area (TPSA) is 65.5 Å². The molecule has 142 valence electrons. The molecule has 1 aliphatic rings. The summed E-state index contributed by atoms with van der Waals surface area (Å²) in [6.07, 6.45) is 3.27. The van der Waals surface area contributed by atoms with E-state index in [1.165, 1.54) is 36.5 Å². The normalized spacial score (nSPS) is 17.0. The highest BCUT2D eigenvalue weighted by atomic mass is 35.5. The zero-order valence-corrected chi connectivity index (χ0v) is 15.2. The molecule has 0 saturated heterocycles. The number of aromatic amines is 1. The first-order valence-electron chi connectivity index (χ1n) is 8.52. The third-order valence-corrected chi connectivity index (χ3v) is 5.07. The Kier molecular flexibility index (Phi) is 4.68. The molecule has 0 bridgehead atoms. The summed E-state index contributed by atoms with van der Waals surface area (Å²) in [5.74, 6) is -1.98. The summed E-state index contributed by atoms with van der Waals surface area (Å²) in [6.45, 7) is 0.0106.